The fourth-order valence-corrected chi connectivity index (χ4v) is 7.86. The molecule has 2 fully saturated rings. The van der Waals surface area contributed by atoms with Gasteiger partial charge in [-0.15, -0.1) is 0 Å². The van der Waals surface area contributed by atoms with E-state index in [9.17, 15) is 9.18 Å². The first-order valence-electron chi connectivity index (χ1n) is 11.3. The van der Waals surface area contributed by atoms with Gasteiger partial charge in [-0.1, -0.05) is 39.3 Å². The first-order valence-corrected chi connectivity index (χ1v) is 11.3. The standard InChI is InChI=1S/C26H32FNO/c1-15-16(2)24-21-6-5-20(17-11-18(27)14-28-13-17)25(21,3)10-8-22(24)26(4)9-7-19(29)12-23(15)26/h5,11-16,21-22,24H,6-10H2,1-4H3/t15?,16-,21+,22+,24+,25-,26-/m1/s1. The topological polar surface area (TPSA) is 30.0 Å². The van der Waals surface area contributed by atoms with Crippen LogP contribution in [0.25, 0.3) is 5.57 Å². The van der Waals surface area contributed by atoms with Crippen molar-refractivity contribution in [3.63, 3.8) is 0 Å². The number of allylic oxidation sites excluding steroid dienone is 4. The highest BCUT2D eigenvalue weighted by Gasteiger charge is 2.60. The van der Waals surface area contributed by atoms with Gasteiger partial charge in [0.15, 0.2) is 5.78 Å². The monoisotopic (exact) mass is 393 g/mol. The molecule has 5 rings (SSSR count). The molecule has 4 aliphatic rings. The molecule has 2 saturated carbocycles. The third kappa shape index (κ3) is 2.58. The Morgan fingerprint density at radius 1 is 1.10 bits per heavy atom. The molecule has 3 heteroatoms. The molecule has 0 radical (unpaired) electrons. The van der Waals surface area contributed by atoms with E-state index in [0.717, 1.165) is 24.8 Å². The molecule has 0 amide bonds. The maximum Gasteiger partial charge on any atom is 0.155 e. The molecule has 2 nitrogen and oxygen atoms in total. The van der Waals surface area contributed by atoms with Crippen molar-refractivity contribution in [2.75, 3.05) is 0 Å². The third-order valence-electron chi connectivity index (χ3n) is 9.50. The molecule has 0 bridgehead atoms. The van der Waals surface area contributed by atoms with Crippen molar-refractivity contribution in [3.05, 3.63) is 47.6 Å². The van der Waals surface area contributed by atoms with Crippen molar-refractivity contribution in [2.45, 2.75) is 59.8 Å². The van der Waals surface area contributed by atoms with Crippen molar-refractivity contribution >= 4 is 11.4 Å². The van der Waals surface area contributed by atoms with Crippen LogP contribution < -0.4 is 0 Å². The van der Waals surface area contributed by atoms with Gasteiger partial charge in [0, 0.05) is 12.6 Å². The first kappa shape index (κ1) is 19.2. The van der Waals surface area contributed by atoms with E-state index in [1.54, 1.807) is 6.07 Å². The van der Waals surface area contributed by atoms with Crippen molar-refractivity contribution < 1.29 is 9.18 Å². The number of aromatic nitrogens is 1. The molecule has 0 saturated heterocycles. The summed E-state index contributed by atoms with van der Waals surface area (Å²) in [5.41, 5.74) is 3.94. The summed E-state index contributed by atoms with van der Waals surface area (Å²) < 4.78 is 13.9. The number of nitrogens with zero attached hydrogens (tertiary/aromatic N) is 1. The molecule has 1 aromatic rings. The fourth-order valence-electron chi connectivity index (χ4n) is 7.86. The molecule has 0 N–H and O–H groups in total. The molecule has 4 aliphatic carbocycles. The number of pyridine rings is 1. The van der Waals surface area contributed by atoms with E-state index in [2.05, 4.69) is 38.8 Å². The highest BCUT2D eigenvalue weighted by atomic mass is 19.1. The lowest BCUT2D eigenvalue weighted by Gasteiger charge is -2.61. The Morgan fingerprint density at radius 2 is 1.90 bits per heavy atom. The lowest BCUT2D eigenvalue weighted by molar-refractivity contribution is -0.118. The third-order valence-corrected chi connectivity index (χ3v) is 9.50. The van der Waals surface area contributed by atoms with E-state index in [4.69, 9.17) is 0 Å². The molecular weight excluding hydrogens is 361 g/mol. The van der Waals surface area contributed by atoms with Crippen LogP contribution in [0.4, 0.5) is 4.39 Å². The van der Waals surface area contributed by atoms with Gasteiger partial charge in [-0.05, 0) is 89.4 Å². The number of carbonyl (C=O) groups is 1. The number of rotatable bonds is 1. The maximum absolute atomic E-state index is 13.9. The Bertz CT molecular complexity index is 932. The van der Waals surface area contributed by atoms with Gasteiger partial charge in [-0.3, -0.25) is 9.78 Å². The van der Waals surface area contributed by atoms with Gasteiger partial charge >= 0.3 is 0 Å². The van der Waals surface area contributed by atoms with E-state index >= 15 is 0 Å². The summed E-state index contributed by atoms with van der Waals surface area (Å²) >= 11 is 0. The number of carbonyl (C=O) groups excluding carboxylic acids is 1. The summed E-state index contributed by atoms with van der Waals surface area (Å²) in [6.07, 6.45) is 12.6. The van der Waals surface area contributed by atoms with E-state index in [1.807, 2.05) is 12.3 Å². The molecule has 1 heterocycles. The van der Waals surface area contributed by atoms with E-state index in [0.29, 0.717) is 41.8 Å². The Kier molecular flexibility index (Phi) is 4.21. The van der Waals surface area contributed by atoms with Gasteiger partial charge in [0.1, 0.15) is 5.82 Å². The van der Waals surface area contributed by atoms with Crippen LogP contribution in [0, 0.1) is 46.2 Å². The molecule has 7 atom stereocenters. The van der Waals surface area contributed by atoms with Crippen LogP contribution in [0.3, 0.4) is 0 Å². The first-order chi connectivity index (χ1) is 13.8. The summed E-state index contributed by atoms with van der Waals surface area (Å²) in [5.74, 6) is 2.96. The predicted molar refractivity (Wildman–Crippen MR) is 113 cm³/mol. The second-order valence-corrected chi connectivity index (χ2v) is 10.6. The molecule has 0 spiro atoms. The van der Waals surface area contributed by atoms with E-state index in [-0.39, 0.29) is 16.6 Å². The summed E-state index contributed by atoms with van der Waals surface area (Å²) in [6.45, 7) is 9.60. The average molecular weight is 394 g/mol. The predicted octanol–water partition coefficient (Wildman–Crippen LogP) is 6.24. The molecule has 29 heavy (non-hydrogen) atoms. The van der Waals surface area contributed by atoms with E-state index < -0.39 is 0 Å². The van der Waals surface area contributed by atoms with Crippen LogP contribution in [-0.2, 0) is 4.79 Å². The van der Waals surface area contributed by atoms with Gasteiger partial charge < -0.3 is 0 Å². The summed E-state index contributed by atoms with van der Waals surface area (Å²) in [5, 5.41) is 0. The second-order valence-electron chi connectivity index (χ2n) is 10.6. The minimum atomic E-state index is -0.252. The van der Waals surface area contributed by atoms with Gasteiger partial charge in [-0.25, -0.2) is 4.39 Å². The number of hydrogen-bond donors (Lipinski definition) is 0. The SMILES string of the molecule is CC1C2=CC(=O)CC[C@]2(C)[C@H]2CC[C@]3(C)C(c4cncc(F)c4)=CC[C@H]3[C@@H]2[C@@H]1C. The number of hydrogen-bond acceptors (Lipinski definition) is 2. The van der Waals surface area contributed by atoms with Crippen LogP contribution in [0.1, 0.15) is 65.4 Å². The smallest absolute Gasteiger partial charge is 0.155 e. The zero-order valence-corrected chi connectivity index (χ0v) is 18.0. The largest absolute Gasteiger partial charge is 0.295 e. The van der Waals surface area contributed by atoms with Crippen molar-refractivity contribution in [3.8, 4) is 0 Å². The molecule has 1 unspecified atom stereocenters. The zero-order valence-electron chi connectivity index (χ0n) is 18.0. The molecular formula is C26H32FNO. The summed E-state index contributed by atoms with van der Waals surface area (Å²) in [7, 11) is 0. The summed E-state index contributed by atoms with van der Waals surface area (Å²) in [6, 6.07) is 1.65. The zero-order chi connectivity index (χ0) is 20.6. The fraction of sp³-hybridized carbons (Fsp3) is 0.615. The van der Waals surface area contributed by atoms with Crippen LogP contribution >= 0.6 is 0 Å². The van der Waals surface area contributed by atoms with Crippen molar-refractivity contribution in [1.82, 2.24) is 4.98 Å². The van der Waals surface area contributed by atoms with E-state index in [1.165, 1.54) is 23.8 Å². The Balaban J connectivity index is 1.54. The number of fused-ring (bicyclic) bond motifs is 5. The number of ketones is 1. The minimum Gasteiger partial charge on any atom is -0.295 e. The van der Waals surface area contributed by atoms with Crippen molar-refractivity contribution in [1.29, 1.82) is 0 Å². The summed E-state index contributed by atoms with van der Waals surface area (Å²) in [4.78, 5) is 16.3. The van der Waals surface area contributed by atoms with Crippen LogP contribution in [0.2, 0.25) is 0 Å². The van der Waals surface area contributed by atoms with Crippen LogP contribution in [0.5, 0.6) is 0 Å². The Labute approximate surface area is 173 Å². The molecule has 154 valence electrons. The van der Waals surface area contributed by atoms with Gasteiger partial charge in [0.25, 0.3) is 0 Å². The van der Waals surface area contributed by atoms with Crippen LogP contribution in [-0.4, -0.2) is 10.8 Å². The molecule has 0 aromatic carbocycles. The lowest BCUT2D eigenvalue weighted by atomic mass is 9.42. The Morgan fingerprint density at radius 3 is 2.66 bits per heavy atom. The quantitative estimate of drug-likeness (QED) is 0.565. The average Bonchev–Trinajstić information content (AvgIpc) is 3.04. The molecule has 0 aliphatic heterocycles. The lowest BCUT2D eigenvalue weighted by Crippen LogP contribution is -2.55. The maximum atomic E-state index is 13.9. The van der Waals surface area contributed by atoms with Gasteiger partial charge in [0.2, 0.25) is 0 Å². The van der Waals surface area contributed by atoms with Gasteiger partial charge in [-0.2, -0.15) is 0 Å². The van der Waals surface area contributed by atoms with Crippen molar-refractivity contribution in [2.24, 2.45) is 40.4 Å². The number of halogens is 1. The normalized spacial score (nSPS) is 43.8. The Hall–Kier alpha value is -1.77. The highest BCUT2D eigenvalue weighted by molar-refractivity contribution is 5.91. The van der Waals surface area contributed by atoms with Gasteiger partial charge in [0.05, 0.1) is 6.20 Å². The molecule has 1 aromatic heterocycles. The minimum absolute atomic E-state index is 0.0900. The van der Waals surface area contributed by atoms with Crippen LogP contribution in [0.15, 0.2) is 36.2 Å². The second kappa shape index (κ2) is 6.36. The highest BCUT2D eigenvalue weighted by Crippen LogP contribution is 2.68.